The summed E-state index contributed by atoms with van der Waals surface area (Å²) in [5, 5.41) is 12.7. The first kappa shape index (κ1) is 13.7. The van der Waals surface area contributed by atoms with E-state index < -0.39 is 0 Å². The number of benzene rings is 1. The SMILES string of the molecule is Cl.OCC1CCN(Cc2cccc3c2NCC3)C1. The lowest BCUT2D eigenvalue weighted by Gasteiger charge is -2.18. The van der Waals surface area contributed by atoms with E-state index in [1.165, 1.54) is 16.8 Å². The van der Waals surface area contributed by atoms with Gasteiger partial charge in [0.05, 0.1) is 0 Å². The zero-order chi connectivity index (χ0) is 11.7. The lowest BCUT2D eigenvalue weighted by Crippen LogP contribution is -2.21. The number of nitrogens with one attached hydrogen (secondary N) is 1. The van der Waals surface area contributed by atoms with Crippen LogP contribution in [0.15, 0.2) is 18.2 Å². The van der Waals surface area contributed by atoms with Gasteiger partial charge in [0.15, 0.2) is 0 Å². The van der Waals surface area contributed by atoms with Crippen LogP contribution in [0.5, 0.6) is 0 Å². The lowest BCUT2D eigenvalue weighted by atomic mass is 10.1. The Balaban J connectivity index is 0.00000120. The fraction of sp³-hybridized carbons (Fsp3) is 0.571. The van der Waals surface area contributed by atoms with E-state index in [4.69, 9.17) is 5.11 Å². The number of rotatable bonds is 3. The monoisotopic (exact) mass is 268 g/mol. The van der Waals surface area contributed by atoms with Gasteiger partial charge in [-0.15, -0.1) is 12.4 Å². The zero-order valence-electron chi connectivity index (χ0n) is 10.6. The lowest BCUT2D eigenvalue weighted by molar-refractivity contribution is 0.220. The molecule has 0 spiro atoms. The van der Waals surface area contributed by atoms with Gasteiger partial charge >= 0.3 is 0 Å². The number of halogens is 1. The summed E-state index contributed by atoms with van der Waals surface area (Å²) in [7, 11) is 0. The molecule has 2 N–H and O–H groups in total. The van der Waals surface area contributed by atoms with Crippen LogP contribution in [0.3, 0.4) is 0 Å². The highest BCUT2D eigenvalue weighted by atomic mass is 35.5. The van der Waals surface area contributed by atoms with Gasteiger partial charge in [-0.25, -0.2) is 0 Å². The second-order valence-electron chi connectivity index (χ2n) is 5.20. The molecule has 1 atom stereocenters. The highest BCUT2D eigenvalue weighted by molar-refractivity contribution is 5.85. The first-order valence-corrected chi connectivity index (χ1v) is 6.54. The molecule has 1 aromatic carbocycles. The van der Waals surface area contributed by atoms with E-state index in [0.717, 1.165) is 39.0 Å². The first-order valence-electron chi connectivity index (χ1n) is 6.54. The number of aliphatic hydroxyl groups is 1. The third kappa shape index (κ3) is 2.63. The molecule has 1 unspecified atom stereocenters. The number of likely N-dealkylation sites (tertiary alicyclic amines) is 1. The fourth-order valence-corrected chi connectivity index (χ4v) is 2.99. The van der Waals surface area contributed by atoms with Gasteiger partial charge in [0.1, 0.15) is 0 Å². The van der Waals surface area contributed by atoms with Gasteiger partial charge in [-0.2, -0.15) is 0 Å². The molecule has 2 heterocycles. The second kappa shape index (κ2) is 5.91. The Morgan fingerprint density at radius 1 is 1.39 bits per heavy atom. The average molecular weight is 269 g/mol. The molecule has 2 aliphatic heterocycles. The summed E-state index contributed by atoms with van der Waals surface area (Å²) in [6, 6.07) is 6.61. The van der Waals surface area contributed by atoms with Crippen molar-refractivity contribution in [2.24, 2.45) is 5.92 Å². The van der Waals surface area contributed by atoms with Crippen LogP contribution >= 0.6 is 12.4 Å². The fourth-order valence-electron chi connectivity index (χ4n) is 2.99. The molecule has 0 radical (unpaired) electrons. The number of hydrogen-bond donors (Lipinski definition) is 2. The van der Waals surface area contributed by atoms with Crippen molar-refractivity contribution < 1.29 is 5.11 Å². The Kier molecular flexibility index (Phi) is 4.49. The van der Waals surface area contributed by atoms with E-state index in [9.17, 15) is 0 Å². The Morgan fingerprint density at radius 2 is 2.28 bits per heavy atom. The van der Waals surface area contributed by atoms with Crippen molar-refractivity contribution >= 4 is 18.1 Å². The molecule has 1 fully saturated rings. The Bertz CT molecular complexity index is 411. The quantitative estimate of drug-likeness (QED) is 0.879. The standard InChI is InChI=1S/C14H20N2O.ClH/c17-10-11-5-7-16(8-11)9-13-3-1-2-12-4-6-15-14(12)13;/h1-3,11,15,17H,4-10H2;1H. The van der Waals surface area contributed by atoms with E-state index in [0.29, 0.717) is 12.5 Å². The van der Waals surface area contributed by atoms with Gasteiger partial charge in [-0.3, -0.25) is 4.90 Å². The summed E-state index contributed by atoms with van der Waals surface area (Å²) in [5.74, 6) is 0.486. The van der Waals surface area contributed by atoms with Crippen molar-refractivity contribution in [2.75, 3.05) is 31.6 Å². The molecule has 0 amide bonds. The predicted octanol–water partition coefficient (Wildman–Crippen LogP) is 1.89. The molecule has 1 saturated heterocycles. The van der Waals surface area contributed by atoms with Crippen molar-refractivity contribution in [3.8, 4) is 0 Å². The number of aliphatic hydroxyl groups excluding tert-OH is 1. The molecule has 0 bridgehead atoms. The minimum atomic E-state index is 0. The third-order valence-corrected chi connectivity index (χ3v) is 3.96. The summed E-state index contributed by atoms with van der Waals surface area (Å²) in [4.78, 5) is 2.45. The number of fused-ring (bicyclic) bond motifs is 1. The molecule has 0 saturated carbocycles. The number of hydrogen-bond acceptors (Lipinski definition) is 3. The normalized spacial score (nSPS) is 22.4. The molecule has 100 valence electrons. The Morgan fingerprint density at radius 3 is 3.06 bits per heavy atom. The highest BCUT2D eigenvalue weighted by Crippen LogP contribution is 2.28. The maximum absolute atomic E-state index is 9.17. The van der Waals surface area contributed by atoms with E-state index in [2.05, 4.69) is 28.4 Å². The molecule has 4 heteroatoms. The number of anilines is 1. The minimum Gasteiger partial charge on any atom is -0.396 e. The smallest absolute Gasteiger partial charge is 0.0471 e. The molecular weight excluding hydrogens is 248 g/mol. The summed E-state index contributed by atoms with van der Waals surface area (Å²) in [5.41, 5.74) is 4.24. The number of para-hydroxylation sites is 1. The van der Waals surface area contributed by atoms with Crippen molar-refractivity contribution in [3.05, 3.63) is 29.3 Å². The van der Waals surface area contributed by atoms with Gasteiger partial charge < -0.3 is 10.4 Å². The van der Waals surface area contributed by atoms with Crippen molar-refractivity contribution in [1.29, 1.82) is 0 Å². The minimum absolute atomic E-state index is 0. The maximum Gasteiger partial charge on any atom is 0.0471 e. The van der Waals surface area contributed by atoms with Crippen LogP contribution < -0.4 is 5.32 Å². The Labute approximate surface area is 115 Å². The highest BCUT2D eigenvalue weighted by Gasteiger charge is 2.23. The van der Waals surface area contributed by atoms with Crippen molar-refractivity contribution in [2.45, 2.75) is 19.4 Å². The molecule has 2 aliphatic rings. The summed E-state index contributed by atoms with van der Waals surface area (Å²) in [6.07, 6.45) is 2.29. The Hall–Kier alpha value is -0.770. The molecule has 3 rings (SSSR count). The maximum atomic E-state index is 9.17. The molecule has 18 heavy (non-hydrogen) atoms. The van der Waals surface area contributed by atoms with Crippen LogP contribution in [0, 0.1) is 5.92 Å². The van der Waals surface area contributed by atoms with Gasteiger partial charge in [0, 0.05) is 31.9 Å². The van der Waals surface area contributed by atoms with Crippen LogP contribution in [0.1, 0.15) is 17.5 Å². The van der Waals surface area contributed by atoms with E-state index in [1.54, 1.807) is 0 Å². The molecule has 3 nitrogen and oxygen atoms in total. The molecule has 0 aliphatic carbocycles. The van der Waals surface area contributed by atoms with Gasteiger partial charge in [0.2, 0.25) is 0 Å². The molecule has 1 aromatic rings. The van der Waals surface area contributed by atoms with E-state index in [-0.39, 0.29) is 12.4 Å². The van der Waals surface area contributed by atoms with Crippen molar-refractivity contribution in [1.82, 2.24) is 4.90 Å². The summed E-state index contributed by atoms with van der Waals surface area (Å²) in [6.45, 7) is 4.59. The van der Waals surface area contributed by atoms with E-state index >= 15 is 0 Å². The molecular formula is C14H21ClN2O. The summed E-state index contributed by atoms with van der Waals surface area (Å²) < 4.78 is 0. The largest absolute Gasteiger partial charge is 0.396 e. The van der Waals surface area contributed by atoms with Gasteiger partial charge in [-0.05, 0) is 36.4 Å². The van der Waals surface area contributed by atoms with Gasteiger partial charge in [0.25, 0.3) is 0 Å². The van der Waals surface area contributed by atoms with Crippen LogP contribution in [-0.2, 0) is 13.0 Å². The predicted molar refractivity (Wildman–Crippen MR) is 76.4 cm³/mol. The van der Waals surface area contributed by atoms with Crippen LogP contribution in [0.2, 0.25) is 0 Å². The van der Waals surface area contributed by atoms with Crippen molar-refractivity contribution in [3.63, 3.8) is 0 Å². The zero-order valence-corrected chi connectivity index (χ0v) is 11.4. The van der Waals surface area contributed by atoms with E-state index in [1.807, 2.05) is 0 Å². The van der Waals surface area contributed by atoms with Crippen LogP contribution in [-0.4, -0.2) is 36.2 Å². The third-order valence-electron chi connectivity index (χ3n) is 3.96. The number of nitrogens with zero attached hydrogens (tertiary/aromatic N) is 1. The topological polar surface area (TPSA) is 35.5 Å². The van der Waals surface area contributed by atoms with Crippen LogP contribution in [0.25, 0.3) is 0 Å². The summed E-state index contributed by atoms with van der Waals surface area (Å²) >= 11 is 0. The van der Waals surface area contributed by atoms with Crippen LogP contribution in [0.4, 0.5) is 5.69 Å². The second-order valence-corrected chi connectivity index (χ2v) is 5.20. The molecule has 0 aromatic heterocycles. The first-order chi connectivity index (χ1) is 8.36. The van der Waals surface area contributed by atoms with Gasteiger partial charge in [-0.1, -0.05) is 18.2 Å². The average Bonchev–Trinajstić information content (AvgIpc) is 2.97.